The van der Waals surface area contributed by atoms with Gasteiger partial charge in [0.15, 0.2) is 11.6 Å². The number of likely N-dealkylation sites (N-methyl/N-ethyl adjacent to an activating group) is 1. The number of carbonyl (C=O) groups is 2. The lowest BCUT2D eigenvalue weighted by molar-refractivity contribution is -0.137. The zero-order chi connectivity index (χ0) is 33.0. The second-order valence-electron chi connectivity index (χ2n) is 13.8. The Morgan fingerprint density at radius 2 is 1.62 bits per heavy atom. The van der Waals surface area contributed by atoms with E-state index >= 15 is 8.78 Å². The lowest BCUT2D eigenvalue weighted by Crippen LogP contribution is -2.51. The zero-order valence-electron chi connectivity index (χ0n) is 27.8. The van der Waals surface area contributed by atoms with Crippen molar-refractivity contribution in [2.24, 2.45) is 5.92 Å². The molecule has 1 saturated carbocycles. The largest absolute Gasteiger partial charge is 0.381 e. The van der Waals surface area contributed by atoms with Gasteiger partial charge in [-0.2, -0.15) is 5.10 Å². The fourth-order valence-electron chi connectivity index (χ4n) is 8.14. The number of nitrogen functional groups attached to an aromatic ring is 1. The Hall–Kier alpha value is -3.48. The van der Waals surface area contributed by atoms with Crippen molar-refractivity contribution in [3.63, 3.8) is 0 Å². The van der Waals surface area contributed by atoms with E-state index in [-0.39, 0.29) is 41.1 Å². The quantitative estimate of drug-likeness (QED) is 0.411. The molecule has 0 aromatic carbocycles. The topological polar surface area (TPSA) is 125 Å². The van der Waals surface area contributed by atoms with Crippen LogP contribution in [0.4, 0.5) is 31.8 Å². The molecule has 4 aliphatic rings. The van der Waals surface area contributed by atoms with Crippen LogP contribution in [0, 0.1) is 11.7 Å². The second-order valence-corrected chi connectivity index (χ2v) is 13.8. The van der Waals surface area contributed by atoms with Crippen LogP contribution in [-0.4, -0.2) is 94.9 Å². The molecule has 2 aromatic rings. The van der Waals surface area contributed by atoms with Gasteiger partial charge in [-0.15, -0.1) is 0 Å². The van der Waals surface area contributed by atoms with Crippen molar-refractivity contribution in [1.82, 2.24) is 24.6 Å². The maximum absolute atomic E-state index is 15.9. The van der Waals surface area contributed by atoms with E-state index in [1.54, 1.807) is 4.68 Å². The van der Waals surface area contributed by atoms with Crippen LogP contribution in [0.1, 0.15) is 94.3 Å². The van der Waals surface area contributed by atoms with Gasteiger partial charge in [0.25, 0.3) is 5.91 Å². The van der Waals surface area contributed by atoms with Crippen molar-refractivity contribution < 1.29 is 18.4 Å². The standard InChI is InChI=1S/C34H51F2N9O2/c1-2-42-17-19-44(20-18-42)33(47)24-11-15-43(16-12-24)29-25(35)21-38-22-26(29)40-32(46)28-30(37)41-45-31(28)39-23-27(36)34(45)13-9-7-5-3-4-6-8-10-14-34/h21-22,24,27,39H,2-20,23H2,1H3,(H2,37,41)(H,40,46). The van der Waals surface area contributed by atoms with Crippen LogP contribution in [0.25, 0.3) is 0 Å². The van der Waals surface area contributed by atoms with Gasteiger partial charge in [-0.1, -0.05) is 58.3 Å². The fourth-order valence-corrected chi connectivity index (χ4v) is 8.14. The van der Waals surface area contributed by atoms with Crippen LogP contribution < -0.4 is 21.3 Å². The molecule has 1 spiro atoms. The van der Waals surface area contributed by atoms with Gasteiger partial charge in [-0.25, -0.2) is 13.5 Å². The molecule has 3 fully saturated rings. The van der Waals surface area contributed by atoms with Crippen molar-refractivity contribution in [2.75, 3.05) is 73.6 Å². The first-order chi connectivity index (χ1) is 22.8. The Bertz CT molecular complexity index is 1390. The number of halogens is 2. The average molecular weight is 656 g/mol. The first-order valence-electron chi connectivity index (χ1n) is 17.8. The van der Waals surface area contributed by atoms with Gasteiger partial charge in [-0.05, 0) is 32.2 Å². The van der Waals surface area contributed by atoms with Gasteiger partial charge in [0.05, 0.1) is 23.6 Å². The van der Waals surface area contributed by atoms with E-state index in [2.05, 4.69) is 32.5 Å². The summed E-state index contributed by atoms with van der Waals surface area (Å²) >= 11 is 0. The summed E-state index contributed by atoms with van der Waals surface area (Å²) < 4.78 is 33.0. The molecule has 11 nitrogen and oxygen atoms in total. The molecule has 47 heavy (non-hydrogen) atoms. The first-order valence-corrected chi connectivity index (χ1v) is 17.8. The van der Waals surface area contributed by atoms with Gasteiger partial charge >= 0.3 is 0 Å². The van der Waals surface area contributed by atoms with E-state index < -0.39 is 23.4 Å². The van der Waals surface area contributed by atoms with E-state index in [1.807, 2.05) is 9.80 Å². The Morgan fingerprint density at radius 1 is 0.979 bits per heavy atom. The Balaban J connectivity index is 1.18. The lowest BCUT2D eigenvalue weighted by Gasteiger charge is -2.42. The van der Waals surface area contributed by atoms with Crippen molar-refractivity contribution in [3.8, 4) is 0 Å². The fraction of sp³-hybridized carbons (Fsp3) is 0.706. The summed E-state index contributed by atoms with van der Waals surface area (Å²) in [7, 11) is 0. The van der Waals surface area contributed by atoms with Gasteiger partial charge in [0.2, 0.25) is 5.91 Å². The number of hydrogen-bond donors (Lipinski definition) is 3. The minimum atomic E-state index is -1.17. The number of rotatable bonds is 5. The summed E-state index contributed by atoms with van der Waals surface area (Å²) in [5, 5.41) is 10.5. The van der Waals surface area contributed by atoms with Crippen LogP contribution in [0.15, 0.2) is 12.4 Å². The highest BCUT2D eigenvalue weighted by Crippen LogP contribution is 2.44. The molecule has 3 aliphatic heterocycles. The highest BCUT2D eigenvalue weighted by atomic mass is 19.1. The number of nitrogens with two attached hydrogens (primary N) is 1. The summed E-state index contributed by atoms with van der Waals surface area (Å²) in [6.07, 6.45) is 12.4. The normalized spacial score (nSPS) is 23.1. The van der Waals surface area contributed by atoms with Crippen molar-refractivity contribution in [3.05, 3.63) is 23.8 Å². The first kappa shape index (κ1) is 33.4. The Morgan fingerprint density at radius 3 is 2.26 bits per heavy atom. The van der Waals surface area contributed by atoms with E-state index in [0.29, 0.717) is 44.6 Å². The van der Waals surface area contributed by atoms with Crippen LogP contribution >= 0.6 is 0 Å². The van der Waals surface area contributed by atoms with Gasteiger partial charge in [0.1, 0.15) is 23.2 Å². The summed E-state index contributed by atoms with van der Waals surface area (Å²) in [6.45, 7) is 7.41. The van der Waals surface area contributed by atoms with Crippen LogP contribution in [0.5, 0.6) is 0 Å². The molecule has 1 atom stereocenters. The number of hydrogen-bond acceptors (Lipinski definition) is 8. The van der Waals surface area contributed by atoms with Gasteiger partial charge in [0, 0.05) is 51.7 Å². The third kappa shape index (κ3) is 6.91. The predicted molar refractivity (Wildman–Crippen MR) is 180 cm³/mol. The number of piperazine rings is 1. The summed E-state index contributed by atoms with van der Waals surface area (Å²) in [4.78, 5) is 37.4. The number of piperidine rings is 1. The Kier molecular flexibility index (Phi) is 10.5. The van der Waals surface area contributed by atoms with Crippen LogP contribution in [-0.2, 0) is 10.3 Å². The monoisotopic (exact) mass is 655 g/mol. The van der Waals surface area contributed by atoms with Gasteiger partial charge in [-0.3, -0.25) is 14.6 Å². The number of aromatic nitrogens is 3. The van der Waals surface area contributed by atoms with Gasteiger partial charge < -0.3 is 31.1 Å². The molecule has 13 heteroatoms. The zero-order valence-corrected chi connectivity index (χ0v) is 27.8. The van der Waals surface area contributed by atoms with E-state index in [9.17, 15) is 9.59 Å². The predicted octanol–water partition coefficient (Wildman–Crippen LogP) is 5.01. The maximum atomic E-state index is 15.9. The summed E-state index contributed by atoms with van der Waals surface area (Å²) in [6, 6.07) is 0. The molecule has 5 heterocycles. The average Bonchev–Trinajstić information content (AvgIpc) is 3.40. The van der Waals surface area contributed by atoms with Crippen LogP contribution in [0.3, 0.4) is 0 Å². The minimum Gasteiger partial charge on any atom is -0.381 e. The number of anilines is 4. The summed E-state index contributed by atoms with van der Waals surface area (Å²) in [5.74, 6) is -0.609. The molecule has 6 rings (SSSR count). The smallest absolute Gasteiger partial charge is 0.263 e. The number of amides is 2. The Labute approximate surface area is 276 Å². The number of nitrogens with zero attached hydrogens (tertiary/aromatic N) is 6. The lowest BCUT2D eigenvalue weighted by atomic mass is 9.81. The van der Waals surface area contributed by atoms with Crippen molar-refractivity contribution in [1.29, 1.82) is 0 Å². The summed E-state index contributed by atoms with van der Waals surface area (Å²) in [5.41, 5.74) is 6.13. The van der Waals surface area contributed by atoms with E-state index in [1.165, 1.54) is 19.0 Å². The molecule has 4 N–H and O–H groups in total. The molecule has 2 aromatic heterocycles. The second kappa shape index (κ2) is 14.7. The maximum Gasteiger partial charge on any atom is 0.263 e. The minimum absolute atomic E-state index is 0.0119. The molecule has 258 valence electrons. The third-order valence-electron chi connectivity index (χ3n) is 11.0. The molecular formula is C34H51F2N9O2. The van der Waals surface area contributed by atoms with Crippen molar-refractivity contribution >= 4 is 34.8 Å². The third-order valence-corrected chi connectivity index (χ3v) is 11.0. The molecule has 1 unspecified atom stereocenters. The number of pyridine rings is 1. The number of nitrogens with one attached hydrogen (secondary N) is 2. The van der Waals surface area contributed by atoms with Crippen molar-refractivity contribution in [2.45, 2.75) is 95.7 Å². The highest BCUT2D eigenvalue weighted by molar-refractivity contribution is 6.12. The molecule has 1 aliphatic carbocycles. The van der Waals surface area contributed by atoms with E-state index in [0.717, 1.165) is 77.4 Å². The highest BCUT2D eigenvalue weighted by Gasteiger charge is 2.47. The molecule has 0 bridgehead atoms. The number of fused-ring (bicyclic) bond motifs is 2. The molecule has 2 amide bonds. The van der Waals surface area contributed by atoms with E-state index in [4.69, 9.17) is 5.73 Å². The molecular weight excluding hydrogens is 604 g/mol. The SMILES string of the molecule is CCN1CCN(C(=O)C2CCN(c3c(F)cncc3NC(=O)c3c(N)nn4c3NCC(F)C43CCCCCCCCCC3)CC2)CC1. The number of carbonyl (C=O) groups excluding carboxylic acids is 2. The van der Waals surface area contributed by atoms with Crippen LogP contribution in [0.2, 0.25) is 0 Å². The molecule has 2 saturated heterocycles. The molecule has 0 radical (unpaired) electrons. The number of alkyl halides is 1.